The summed E-state index contributed by atoms with van der Waals surface area (Å²) in [6, 6.07) is 0. The zero-order valence-corrected chi connectivity index (χ0v) is 10.8. The number of amides is 1. The Morgan fingerprint density at radius 1 is 1.62 bits per heavy atom. The molecule has 0 radical (unpaired) electrons. The van der Waals surface area contributed by atoms with Gasteiger partial charge in [-0.2, -0.15) is 12.6 Å². The third-order valence-electron chi connectivity index (χ3n) is 2.44. The lowest BCUT2D eigenvalue weighted by Crippen LogP contribution is -2.24. The Hall–Kier alpha value is -0.880. The van der Waals surface area contributed by atoms with E-state index in [1.807, 2.05) is 0 Å². The summed E-state index contributed by atoms with van der Waals surface area (Å²) in [6.07, 6.45) is 0.442. The van der Waals surface area contributed by atoms with Crippen molar-refractivity contribution in [2.75, 3.05) is 11.4 Å². The fourth-order valence-corrected chi connectivity index (χ4v) is 3.01. The highest BCUT2D eigenvalue weighted by Gasteiger charge is 2.31. The van der Waals surface area contributed by atoms with Gasteiger partial charge in [-0.25, -0.2) is 4.98 Å². The van der Waals surface area contributed by atoms with Crippen molar-refractivity contribution in [3.8, 4) is 0 Å². The monoisotopic (exact) mass is 256 g/mol. The zero-order valence-electron chi connectivity index (χ0n) is 9.06. The molecule has 1 unspecified atom stereocenters. The Balaban J connectivity index is 2.31. The van der Waals surface area contributed by atoms with Crippen molar-refractivity contribution in [2.24, 2.45) is 0 Å². The van der Waals surface area contributed by atoms with E-state index in [4.69, 9.17) is 0 Å². The number of thiol groups is 1. The maximum Gasteiger partial charge on any atom is 0.229 e. The molecular weight excluding hydrogens is 244 g/mol. The number of thiazole rings is 1. The molecule has 1 saturated heterocycles. The van der Waals surface area contributed by atoms with Gasteiger partial charge in [0.15, 0.2) is 10.9 Å². The minimum Gasteiger partial charge on any atom is -0.294 e. The van der Waals surface area contributed by atoms with Crippen LogP contribution in [0.15, 0.2) is 0 Å². The van der Waals surface area contributed by atoms with Gasteiger partial charge in [-0.1, -0.05) is 11.3 Å². The summed E-state index contributed by atoms with van der Waals surface area (Å²) in [5.41, 5.74) is 0.697. The molecule has 86 valence electrons. The molecule has 2 heterocycles. The number of aryl methyl sites for hydroxylation is 1. The molecule has 4 nitrogen and oxygen atoms in total. The molecule has 2 rings (SSSR count). The van der Waals surface area contributed by atoms with Crippen LogP contribution in [0.3, 0.4) is 0 Å². The van der Waals surface area contributed by atoms with Crippen molar-refractivity contribution < 1.29 is 9.59 Å². The number of anilines is 1. The molecular formula is C10H12N2O2S2. The van der Waals surface area contributed by atoms with E-state index in [1.54, 1.807) is 11.8 Å². The number of Topliss-reactive ketones (excluding diaryl/α,β-unsaturated/α-hetero) is 1. The number of hydrogen-bond acceptors (Lipinski definition) is 5. The van der Waals surface area contributed by atoms with Gasteiger partial charge in [-0.15, -0.1) is 0 Å². The molecule has 0 aliphatic carbocycles. The van der Waals surface area contributed by atoms with Gasteiger partial charge < -0.3 is 0 Å². The summed E-state index contributed by atoms with van der Waals surface area (Å²) in [7, 11) is 0. The quantitative estimate of drug-likeness (QED) is 0.647. The van der Waals surface area contributed by atoms with Gasteiger partial charge in [0.25, 0.3) is 0 Å². The van der Waals surface area contributed by atoms with Crippen LogP contribution < -0.4 is 4.90 Å². The highest BCUT2D eigenvalue weighted by Crippen LogP contribution is 2.30. The molecule has 0 bridgehead atoms. The predicted molar refractivity (Wildman–Crippen MR) is 66.6 cm³/mol. The smallest absolute Gasteiger partial charge is 0.229 e. The van der Waals surface area contributed by atoms with Gasteiger partial charge in [-0.05, 0) is 6.92 Å². The summed E-state index contributed by atoms with van der Waals surface area (Å²) >= 11 is 5.56. The first-order valence-corrected chi connectivity index (χ1v) is 6.29. The second-order valence-electron chi connectivity index (χ2n) is 3.83. The van der Waals surface area contributed by atoms with Crippen LogP contribution in [0, 0.1) is 6.92 Å². The van der Waals surface area contributed by atoms with Crippen LogP contribution in [0.25, 0.3) is 0 Å². The van der Waals surface area contributed by atoms with Crippen molar-refractivity contribution in [1.29, 1.82) is 0 Å². The summed E-state index contributed by atoms with van der Waals surface area (Å²) in [5.74, 6) is 0.0270. The molecule has 16 heavy (non-hydrogen) atoms. The second kappa shape index (κ2) is 4.18. The Morgan fingerprint density at radius 2 is 2.31 bits per heavy atom. The van der Waals surface area contributed by atoms with E-state index < -0.39 is 0 Å². The molecule has 0 N–H and O–H groups in total. The number of aromatic nitrogens is 1. The predicted octanol–water partition coefficient (Wildman–Crippen LogP) is 1.69. The van der Waals surface area contributed by atoms with E-state index in [-0.39, 0.29) is 16.9 Å². The molecule has 0 saturated carbocycles. The first-order valence-electron chi connectivity index (χ1n) is 4.96. The molecule has 1 atom stereocenters. The van der Waals surface area contributed by atoms with Gasteiger partial charge in [0.05, 0.1) is 10.6 Å². The topological polar surface area (TPSA) is 50.3 Å². The molecule has 1 aromatic heterocycles. The van der Waals surface area contributed by atoms with Gasteiger partial charge >= 0.3 is 0 Å². The second-order valence-corrected chi connectivity index (χ2v) is 5.54. The fraction of sp³-hybridized carbons (Fsp3) is 0.500. The molecule has 1 aliphatic heterocycles. The average molecular weight is 256 g/mol. The van der Waals surface area contributed by atoms with Crippen LogP contribution in [-0.2, 0) is 4.79 Å². The molecule has 0 spiro atoms. The van der Waals surface area contributed by atoms with Gasteiger partial charge in [0.1, 0.15) is 0 Å². The summed E-state index contributed by atoms with van der Waals surface area (Å²) in [6.45, 7) is 3.87. The van der Waals surface area contributed by atoms with E-state index in [0.717, 1.165) is 0 Å². The third kappa shape index (κ3) is 1.99. The molecule has 1 aliphatic rings. The maximum absolute atomic E-state index is 11.6. The highest BCUT2D eigenvalue weighted by molar-refractivity contribution is 7.81. The first kappa shape index (κ1) is 11.6. The molecule has 1 amide bonds. The Labute approximate surface area is 103 Å². The van der Waals surface area contributed by atoms with Crippen LogP contribution in [0.1, 0.15) is 28.7 Å². The lowest BCUT2D eigenvalue weighted by atomic mass is 10.3. The highest BCUT2D eigenvalue weighted by atomic mass is 32.1. The van der Waals surface area contributed by atoms with Crippen LogP contribution in [-0.4, -0.2) is 28.5 Å². The minimum absolute atomic E-state index is 0.00433. The van der Waals surface area contributed by atoms with Crippen LogP contribution in [0.4, 0.5) is 5.13 Å². The lowest BCUT2D eigenvalue weighted by Gasteiger charge is -2.10. The Kier molecular flexibility index (Phi) is 3.03. The van der Waals surface area contributed by atoms with Crippen molar-refractivity contribution in [3.63, 3.8) is 0 Å². The number of carbonyl (C=O) groups excluding carboxylic acids is 2. The van der Waals surface area contributed by atoms with E-state index in [2.05, 4.69) is 17.6 Å². The lowest BCUT2D eigenvalue weighted by molar-refractivity contribution is -0.117. The van der Waals surface area contributed by atoms with Crippen molar-refractivity contribution >= 4 is 40.8 Å². The molecule has 6 heteroatoms. The number of hydrogen-bond donors (Lipinski definition) is 1. The van der Waals surface area contributed by atoms with E-state index in [0.29, 0.717) is 28.7 Å². The standard InChI is InChI=1S/C10H12N2O2S2/c1-5-9(6(2)13)16-10(11-5)12-4-7(15)3-8(12)14/h7,15H,3-4H2,1-2H3. The van der Waals surface area contributed by atoms with Crippen LogP contribution in [0.2, 0.25) is 0 Å². The summed E-state index contributed by atoms with van der Waals surface area (Å²) in [4.78, 5) is 29.4. The van der Waals surface area contributed by atoms with Gasteiger partial charge in [-0.3, -0.25) is 14.5 Å². The largest absolute Gasteiger partial charge is 0.294 e. The maximum atomic E-state index is 11.6. The normalized spacial score (nSPS) is 20.6. The van der Waals surface area contributed by atoms with Crippen LogP contribution in [0.5, 0.6) is 0 Å². The number of nitrogens with zero attached hydrogens (tertiary/aromatic N) is 2. The Morgan fingerprint density at radius 3 is 2.75 bits per heavy atom. The number of rotatable bonds is 2. The van der Waals surface area contributed by atoms with Crippen LogP contribution >= 0.6 is 24.0 Å². The molecule has 0 aromatic carbocycles. The summed E-state index contributed by atoms with van der Waals surface area (Å²) in [5, 5.41) is 0.682. The van der Waals surface area contributed by atoms with Gasteiger partial charge in [0.2, 0.25) is 5.91 Å². The Bertz CT molecular complexity index is 456. The molecule has 1 aromatic rings. The fourth-order valence-electron chi connectivity index (χ4n) is 1.70. The minimum atomic E-state index is -0.00433. The van der Waals surface area contributed by atoms with Crippen molar-refractivity contribution in [3.05, 3.63) is 10.6 Å². The number of carbonyl (C=O) groups is 2. The zero-order chi connectivity index (χ0) is 11.9. The van der Waals surface area contributed by atoms with E-state index in [9.17, 15) is 9.59 Å². The number of ketones is 1. The van der Waals surface area contributed by atoms with E-state index in [1.165, 1.54) is 18.3 Å². The first-order chi connectivity index (χ1) is 7.49. The van der Waals surface area contributed by atoms with E-state index >= 15 is 0 Å². The van der Waals surface area contributed by atoms with Crippen molar-refractivity contribution in [1.82, 2.24) is 4.98 Å². The average Bonchev–Trinajstić information content (AvgIpc) is 2.69. The SMILES string of the molecule is CC(=O)c1sc(N2CC(S)CC2=O)nc1C. The third-order valence-corrected chi connectivity index (χ3v) is 4.07. The van der Waals surface area contributed by atoms with Crippen molar-refractivity contribution in [2.45, 2.75) is 25.5 Å². The molecule has 1 fully saturated rings. The summed E-state index contributed by atoms with van der Waals surface area (Å²) < 4.78 is 0. The van der Waals surface area contributed by atoms with Gasteiger partial charge in [0, 0.05) is 25.1 Å².